The third kappa shape index (κ3) is 5.55. The van der Waals surface area contributed by atoms with Gasteiger partial charge in [0.05, 0.1) is 29.0 Å². The van der Waals surface area contributed by atoms with Gasteiger partial charge in [0.25, 0.3) is 0 Å². The van der Waals surface area contributed by atoms with E-state index in [1.807, 2.05) is 72.8 Å². The third-order valence-corrected chi connectivity index (χ3v) is 11.0. The van der Waals surface area contributed by atoms with E-state index in [1.54, 1.807) is 0 Å². The van der Waals surface area contributed by atoms with Gasteiger partial charge in [-0.1, -0.05) is 152 Å². The summed E-state index contributed by atoms with van der Waals surface area (Å²) in [5.41, 5.74) is 13.8. The molecule has 0 fully saturated rings. The van der Waals surface area contributed by atoms with Crippen LogP contribution in [0.5, 0.6) is 0 Å². The van der Waals surface area contributed by atoms with E-state index in [0.29, 0.717) is 11.5 Å². The van der Waals surface area contributed by atoms with Gasteiger partial charge >= 0.3 is 0 Å². The molecule has 3 heterocycles. The summed E-state index contributed by atoms with van der Waals surface area (Å²) in [4.78, 5) is 14.4. The smallest absolute Gasteiger partial charge is 0.194 e. The van der Waals surface area contributed by atoms with Crippen molar-refractivity contribution >= 4 is 49.4 Å². The van der Waals surface area contributed by atoms with Gasteiger partial charge in [0.1, 0.15) is 11.2 Å². The van der Waals surface area contributed by atoms with Gasteiger partial charge in [-0.3, -0.25) is 0 Å². The van der Waals surface area contributed by atoms with Crippen LogP contribution in [0.3, 0.4) is 0 Å². The molecule has 0 amide bonds. The van der Waals surface area contributed by atoms with Crippen LogP contribution < -0.4 is 0 Å². The molecule has 3 aromatic heterocycles. The second-order valence-electron chi connectivity index (χ2n) is 14.5. The molecule has 0 N–H and O–H groups in total. The number of benzene rings is 8. The fraction of sp³-hybridized carbons (Fsp3) is 0. The normalized spacial score (nSPS) is 11.4. The third-order valence-electron chi connectivity index (χ3n) is 11.0. The molecule has 0 saturated carbocycles. The van der Waals surface area contributed by atoms with Crippen molar-refractivity contribution in [3.8, 4) is 61.8 Å². The van der Waals surface area contributed by atoms with E-state index in [9.17, 15) is 0 Å². The van der Waals surface area contributed by atoms with E-state index < -0.39 is 0 Å². The van der Waals surface area contributed by atoms with E-state index >= 15 is 0 Å². The van der Waals surface area contributed by atoms with Crippen molar-refractivity contribution < 1.29 is 4.42 Å². The highest BCUT2D eigenvalue weighted by atomic mass is 16.3. The lowest BCUT2D eigenvalue weighted by Gasteiger charge is -2.15. The summed E-state index contributed by atoms with van der Waals surface area (Å²) < 4.78 is 8.85. The fourth-order valence-corrected chi connectivity index (χ4v) is 8.32. The topological polar surface area (TPSA) is 48.2 Å². The first-order valence-electron chi connectivity index (χ1n) is 19.3. The van der Waals surface area contributed by atoms with Crippen molar-refractivity contribution in [3.05, 3.63) is 206 Å². The quantitative estimate of drug-likeness (QED) is 0.160. The monoisotopic (exact) mass is 740 g/mol. The Bertz CT molecular complexity index is 3350. The molecule has 5 nitrogen and oxygen atoms in total. The lowest BCUT2D eigenvalue weighted by atomic mass is 9.99. The Hall–Kier alpha value is -8.07. The second-order valence-corrected chi connectivity index (χ2v) is 14.5. The molecule has 0 bridgehead atoms. The van der Waals surface area contributed by atoms with Crippen LogP contribution in [0.4, 0.5) is 5.69 Å². The zero-order valence-electron chi connectivity index (χ0n) is 31.2. The van der Waals surface area contributed by atoms with Crippen LogP contribution >= 0.6 is 0 Å². The average molecular weight is 741 g/mol. The molecule has 11 aromatic rings. The zero-order chi connectivity index (χ0) is 38.6. The fourth-order valence-electron chi connectivity index (χ4n) is 8.32. The Morgan fingerprint density at radius 1 is 0.431 bits per heavy atom. The lowest BCUT2D eigenvalue weighted by molar-refractivity contribution is 0.670. The first-order chi connectivity index (χ1) is 28.7. The predicted molar refractivity (Wildman–Crippen MR) is 237 cm³/mol. The summed E-state index contributed by atoms with van der Waals surface area (Å²) >= 11 is 0. The van der Waals surface area contributed by atoms with Gasteiger partial charge in [-0.15, -0.1) is 0 Å². The summed E-state index contributed by atoms with van der Waals surface area (Å²) in [5, 5.41) is 4.48. The molecule has 0 atom stereocenters. The van der Waals surface area contributed by atoms with E-state index in [-0.39, 0.29) is 0 Å². The Labute approximate surface area is 334 Å². The predicted octanol–water partition coefficient (Wildman–Crippen LogP) is 14.4. The van der Waals surface area contributed by atoms with Crippen LogP contribution in [0.15, 0.2) is 199 Å². The summed E-state index contributed by atoms with van der Waals surface area (Å²) in [6.45, 7) is 8.09. The Morgan fingerprint density at radius 3 is 1.83 bits per heavy atom. The van der Waals surface area contributed by atoms with E-state index in [1.165, 1.54) is 0 Å². The molecule has 0 aliphatic heterocycles. The van der Waals surface area contributed by atoms with Crippen molar-refractivity contribution in [3.63, 3.8) is 0 Å². The second kappa shape index (κ2) is 13.6. The van der Waals surface area contributed by atoms with E-state index in [0.717, 1.165) is 99.8 Å². The molecule has 5 heteroatoms. The number of para-hydroxylation sites is 4. The van der Waals surface area contributed by atoms with Gasteiger partial charge in [0.2, 0.25) is 0 Å². The standard InChI is InChI=1S/C53H32N4O/c1-54-46-24-11-8-19-40(46)37-29-38(53-55-47(34-15-4-2-5-16-34)33-48(56-53)35-17-6-3-7-18-35)31-39(30-37)57-49-25-12-9-20-42(49)43-28-27-36(32-50(43)57)41-22-14-23-45-44-21-10-13-26-51(44)58-52(41)45/h2-33H. The molecule has 0 saturated heterocycles. The number of hydrogen-bond donors (Lipinski definition) is 0. The largest absolute Gasteiger partial charge is 0.455 e. The SMILES string of the molecule is [C-]#[N+]c1ccccc1-c1cc(-c2nc(-c3ccccc3)cc(-c3ccccc3)n2)cc(-n2c3ccccc3c3ccc(-c4cccc5c4oc4ccccc45)cc32)c1. The van der Waals surface area contributed by atoms with Gasteiger partial charge in [-0.25, -0.2) is 14.8 Å². The Kier molecular flexibility index (Phi) is 7.80. The molecule has 0 unspecified atom stereocenters. The Morgan fingerprint density at radius 2 is 1.05 bits per heavy atom. The number of aromatic nitrogens is 3. The zero-order valence-corrected chi connectivity index (χ0v) is 31.2. The lowest BCUT2D eigenvalue weighted by Crippen LogP contribution is -1.99. The molecule has 8 aromatic carbocycles. The highest BCUT2D eigenvalue weighted by molar-refractivity contribution is 6.13. The summed E-state index contributed by atoms with van der Waals surface area (Å²) in [7, 11) is 0. The van der Waals surface area contributed by atoms with Gasteiger partial charge in [0.15, 0.2) is 11.5 Å². The van der Waals surface area contributed by atoms with Crippen LogP contribution in [0.25, 0.3) is 110 Å². The number of rotatable bonds is 6. The minimum Gasteiger partial charge on any atom is -0.455 e. The number of fused-ring (bicyclic) bond motifs is 6. The van der Waals surface area contributed by atoms with Crippen molar-refractivity contribution in [2.75, 3.05) is 0 Å². The first kappa shape index (κ1) is 33.3. The molecule has 0 radical (unpaired) electrons. The van der Waals surface area contributed by atoms with Crippen LogP contribution in [-0.2, 0) is 0 Å². The molecule has 0 aliphatic carbocycles. The highest BCUT2D eigenvalue weighted by Gasteiger charge is 2.19. The van der Waals surface area contributed by atoms with Gasteiger partial charge in [0, 0.05) is 49.5 Å². The number of furan rings is 1. The summed E-state index contributed by atoms with van der Waals surface area (Å²) in [6, 6.07) is 66.7. The van der Waals surface area contributed by atoms with Gasteiger partial charge in [-0.2, -0.15) is 0 Å². The molecule has 11 rings (SSSR count). The van der Waals surface area contributed by atoms with Crippen LogP contribution in [0.2, 0.25) is 0 Å². The Balaban J connectivity index is 1.19. The first-order valence-corrected chi connectivity index (χ1v) is 19.3. The molecule has 58 heavy (non-hydrogen) atoms. The average Bonchev–Trinajstić information content (AvgIpc) is 3.85. The van der Waals surface area contributed by atoms with E-state index in [4.69, 9.17) is 21.0 Å². The number of nitrogens with zero attached hydrogens (tertiary/aromatic N) is 4. The van der Waals surface area contributed by atoms with E-state index in [2.05, 4.69) is 131 Å². The van der Waals surface area contributed by atoms with Crippen LogP contribution in [-0.4, -0.2) is 14.5 Å². The molecular weight excluding hydrogens is 709 g/mol. The number of hydrogen-bond acceptors (Lipinski definition) is 3. The van der Waals surface area contributed by atoms with Crippen molar-refractivity contribution in [2.24, 2.45) is 0 Å². The maximum Gasteiger partial charge on any atom is 0.194 e. The molecule has 270 valence electrons. The van der Waals surface area contributed by atoms with Crippen LogP contribution in [0, 0.1) is 6.57 Å². The maximum absolute atomic E-state index is 8.09. The molecule has 0 spiro atoms. The summed E-state index contributed by atoms with van der Waals surface area (Å²) in [5.74, 6) is 0.599. The molecule has 0 aliphatic rings. The minimum atomic E-state index is 0.581. The summed E-state index contributed by atoms with van der Waals surface area (Å²) in [6.07, 6.45) is 0. The minimum absolute atomic E-state index is 0.581. The van der Waals surface area contributed by atoms with Gasteiger partial charge < -0.3 is 8.98 Å². The van der Waals surface area contributed by atoms with Gasteiger partial charge in [-0.05, 0) is 59.2 Å². The van der Waals surface area contributed by atoms with Crippen molar-refractivity contribution in [2.45, 2.75) is 0 Å². The van der Waals surface area contributed by atoms with Crippen molar-refractivity contribution in [1.29, 1.82) is 0 Å². The maximum atomic E-state index is 8.09. The highest BCUT2D eigenvalue weighted by Crippen LogP contribution is 2.41. The molecular formula is C53H32N4O. The van der Waals surface area contributed by atoms with Crippen molar-refractivity contribution in [1.82, 2.24) is 14.5 Å². The van der Waals surface area contributed by atoms with Crippen LogP contribution in [0.1, 0.15) is 0 Å².